The number of aryl methyl sites for hydroxylation is 1. The molecule has 3 nitrogen and oxygen atoms in total. The maximum atomic E-state index is 11.2. The number of benzene rings is 1. The third kappa shape index (κ3) is 3.22. The third-order valence-electron chi connectivity index (χ3n) is 4.41. The molecule has 21 heavy (non-hydrogen) atoms. The second-order valence-electron chi connectivity index (χ2n) is 6.96. The van der Waals surface area contributed by atoms with Crippen LogP contribution in [0, 0.1) is 6.92 Å². The van der Waals surface area contributed by atoms with E-state index in [2.05, 4.69) is 50.8 Å². The van der Waals surface area contributed by atoms with Gasteiger partial charge in [-0.15, -0.1) is 0 Å². The van der Waals surface area contributed by atoms with Gasteiger partial charge in [0.05, 0.1) is 6.54 Å². The van der Waals surface area contributed by atoms with Crippen LogP contribution in [-0.2, 0) is 9.53 Å². The lowest BCUT2D eigenvalue weighted by molar-refractivity contribution is -0.145. The van der Waals surface area contributed by atoms with Gasteiger partial charge < -0.3 is 9.64 Å². The van der Waals surface area contributed by atoms with Crippen molar-refractivity contribution in [2.75, 3.05) is 11.4 Å². The van der Waals surface area contributed by atoms with Crippen molar-refractivity contribution < 1.29 is 9.53 Å². The van der Waals surface area contributed by atoms with Gasteiger partial charge in [0.25, 0.3) is 0 Å². The van der Waals surface area contributed by atoms with Crippen molar-refractivity contribution in [2.24, 2.45) is 0 Å². The quantitative estimate of drug-likeness (QED) is 0.787. The number of carbonyl (C=O) groups excluding carboxylic acids is 1. The number of ether oxygens (including phenoxy) is 1. The van der Waals surface area contributed by atoms with E-state index in [9.17, 15) is 4.79 Å². The molecule has 2 unspecified atom stereocenters. The number of nitrogens with zero attached hydrogens (tertiary/aromatic N) is 1. The fraction of sp³-hybridized carbons (Fsp3) is 0.611. The highest BCUT2D eigenvalue weighted by molar-refractivity contribution is 5.67. The van der Waals surface area contributed by atoms with E-state index in [0.717, 1.165) is 13.0 Å². The molecule has 0 aromatic heterocycles. The van der Waals surface area contributed by atoms with Crippen molar-refractivity contribution in [3.63, 3.8) is 0 Å². The molecule has 0 spiro atoms. The second kappa shape index (κ2) is 5.70. The van der Waals surface area contributed by atoms with Gasteiger partial charge in [0.1, 0.15) is 6.10 Å². The first-order valence-corrected chi connectivity index (χ1v) is 7.76. The summed E-state index contributed by atoms with van der Waals surface area (Å²) in [6, 6.07) is 6.53. The molecule has 1 heterocycles. The molecule has 0 aliphatic carbocycles. The van der Waals surface area contributed by atoms with Gasteiger partial charge in [-0.25, -0.2) is 0 Å². The van der Waals surface area contributed by atoms with Crippen LogP contribution in [0.15, 0.2) is 18.2 Å². The van der Waals surface area contributed by atoms with Crippen LogP contribution >= 0.6 is 0 Å². The molecular formula is C18H27NO2. The minimum atomic E-state index is -0.212. The second-order valence-corrected chi connectivity index (χ2v) is 6.96. The molecule has 0 bridgehead atoms. The van der Waals surface area contributed by atoms with Crippen molar-refractivity contribution in [3.8, 4) is 0 Å². The zero-order chi connectivity index (χ0) is 15.8. The van der Waals surface area contributed by atoms with Crippen molar-refractivity contribution in [1.82, 2.24) is 0 Å². The van der Waals surface area contributed by atoms with E-state index in [4.69, 9.17) is 4.74 Å². The Labute approximate surface area is 128 Å². The first-order valence-electron chi connectivity index (χ1n) is 7.76. The highest BCUT2D eigenvalue weighted by Crippen LogP contribution is 2.44. The summed E-state index contributed by atoms with van der Waals surface area (Å²) in [6.07, 6.45) is 0.999. The summed E-state index contributed by atoms with van der Waals surface area (Å²) >= 11 is 0. The topological polar surface area (TPSA) is 29.5 Å². The van der Waals surface area contributed by atoms with Gasteiger partial charge >= 0.3 is 5.97 Å². The molecule has 0 saturated heterocycles. The minimum Gasteiger partial charge on any atom is -0.461 e. The van der Waals surface area contributed by atoms with Gasteiger partial charge in [0.15, 0.2) is 0 Å². The number of hydrogen-bond donors (Lipinski definition) is 0. The summed E-state index contributed by atoms with van der Waals surface area (Å²) in [5.74, 6) is 0.339. The van der Waals surface area contributed by atoms with E-state index in [1.54, 1.807) is 0 Å². The SMILES string of the molecule is CC(=O)OC(C)CN1c2c(C)cccc2C(C)CC1(C)C. The van der Waals surface area contributed by atoms with E-state index in [1.807, 2.05) is 6.92 Å². The molecule has 0 saturated carbocycles. The first kappa shape index (κ1) is 15.9. The number of fused-ring (bicyclic) bond motifs is 1. The Morgan fingerprint density at radius 3 is 2.76 bits per heavy atom. The van der Waals surface area contributed by atoms with Gasteiger partial charge in [0, 0.05) is 18.2 Å². The Morgan fingerprint density at radius 2 is 2.14 bits per heavy atom. The Morgan fingerprint density at radius 1 is 1.48 bits per heavy atom. The van der Waals surface area contributed by atoms with Crippen LogP contribution in [0.3, 0.4) is 0 Å². The molecule has 0 amide bonds. The van der Waals surface area contributed by atoms with Gasteiger partial charge in [-0.1, -0.05) is 25.1 Å². The lowest BCUT2D eigenvalue weighted by atomic mass is 9.79. The van der Waals surface area contributed by atoms with Gasteiger partial charge in [0.2, 0.25) is 0 Å². The number of hydrogen-bond acceptors (Lipinski definition) is 3. The lowest BCUT2D eigenvalue weighted by Crippen LogP contribution is -2.51. The summed E-state index contributed by atoms with van der Waals surface area (Å²) < 4.78 is 5.35. The van der Waals surface area contributed by atoms with Crippen LogP contribution in [0.4, 0.5) is 5.69 Å². The molecule has 1 aromatic carbocycles. The van der Waals surface area contributed by atoms with Crippen molar-refractivity contribution in [1.29, 1.82) is 0 Å². The van der Waals surface area contributed by atoms with Crippen molar-refractivity contribution in [2.45, 2.75) is 65.5 Å². The molecule has 0 radical (unpaired) electrons. The van der Waals surface area contributed by atoms with E-state index in [1.165, 1.54) is 23.7 Å². The Kier molecular flexibility index (Phi) is 4.31. The molecule has 2 atom stereocenters. The highest BCUT2D eigenvalue weighted by Gasteiger charge is 2.37. The standard InChI is InChI=1S/C18H27NO2/c1-12-8-7-9-16-13(2)10-18(5,6)19(17(12)16)11-14(3)21-15(4)20/h7-9,13-14H,10-11H2,1-6H3. The Bertz CT molecular complexity index is 536. The minimum absolute atomic E-state index is 0.0624. The molecular weight excluding hydrogens is 262 g/mol. The van der Waals surface area contributed by atoms with E-state index < -0.39 is 0 Å². The first-order chi connectivity index (χ1) is 9.72. The van der Waals surface area contributed by atoms with Crippen molar-refractivity contribution in [3.05, 3.63) is 29.3 Å². The predicted octanol–water partition coefficient (Wildman–Crippen LogP) is 4.04. The third-order valence-corrected chi connectivity index (χ3v) is 4.41. The fourth-order valence-electron chi connectivity index (χ4n) is 3.64. The van der Waals surface area contributed by atoms with Crippen LogP contribution < -0.4 is 4.90 Å². The summed E-state index contributed by atoms with van der Waals surface area (Å²) in [5, 5.41) is 0. The summed E-state index contributed by atoms with van der Waals surface area (Å²) in [7, 11) is 0. The van der Waals surface area contributed by atoms with Crippen LogP contribution in [0.5, 0.6) is 0 Å². The molecule has 1 aliphatic rings. The molecule has 2 rings (SSSR count). The molecule has 0 fully saturated rings. The zero-order valence-electron chi connectivity index (χ0n) is 14.1. The number of rotatable bonds is 3. The van der Waals surface area contributed by atoms with Gasteiger partial charge in [-0.3, -0.25) is 4.79 Å². The van der Waals surface area contributed by atoms with Crippen LogP contribution in [0.1, 0.15) is 58.1 Å². The highest BCUT2D eigenvalue weighted by atomic mass is 16.5. The molecule has 1 aromatic rings. The van der Waals surface area contributed by atoms with Crippen molar-refractivity contribution >= 4 is 11.7 Å². The summed E-state index contributed by atoms with van der Waals surface area (Å²) in [6.45, 7) is 13.2. The molecule has 116 valence electrons. The number of anilines is 1. The van der Waals surface area contributed by atoms with Gasteiger partial charge in [-0.05, 0) is 51.2 Å². The average molecular weight is 289 g/mol. The normalized spacial score (nSPS) is 21.6. The van der Waals surface area contributed by atoms with Crippen LogP contribution in [0.25, 0.3) is 0 Å². The number of para-hydroxylation sites is 1. The summed E-state index contributed by atoms with van der Waals surface area (Å²) in [5.41, 5.74) is 4.08. The van der Waals surface area contributed by atoms with Crippen LogP contribution in [0.2, 0.25) is 0 Å². The van der Waals surface area contributed by atoms with Gasteiger partial charge in [-0.2, -0.15) is 0 Å². The molecule has 3 heteroatoms. The smallest absolute Gasteiger partial charge is 0.302 e. The van der Waals surface area contributed by atoms with E-state index in [-0.39, 0.29) is 17.6 Å². The Hall–Kier alpha value is -1.51. The predicted molar refractivity (Wildman–Crippen MR) is 86.9 cm³/mol. The average Bonchev–Trinajstić information content (AvgIpc) is 2.33. The lowest BCUT2D eigenvalue weighted by Gasteiger charge is -2.49. The number of carbonyl (C=O) groups is 1. The maximum Gasteiger partial charge on any atom is 0.302 e. The maximum absolute atomic E-state index is 11.2. The zero-order valence-corrected chi connectivity index (χ0v) is 14.1. The molecule has 1 aliphatic heterocycles. The van der Waals surface area contributed by atoms with E-state index in [0.29, 0.717) is 5.92 Å². The fourth-order valence-corrected chi connectivity index (χ4v) is 3.64. The monoisotopic (exact) mass is 289 g/mol. The van der Waals surface area contributed by atoms with Crippen LogP contribution in [-0.4, -0.2) is 24.2 Å². The Balaban J connectivity index is 2.38. The molecule has 0 N–H and O–H groups in total. The van der Waals surface area contributed by atoms with E-state index >= 15 is 0 Å². The summed E-state index contributed by atoms with van der Waals surface area (Å²) in [4.78, 5) is 13.6. The number of esters is 1. The largest absolute Gasteiger partial charge is 0.461 e.